The Hall–Kier alpha value is -2.16. The molecule has 124 valence electrons. The molecule has 0 aliphatic carbocycles. The van der Waals surface area contributed by atoms with Crippen molar-refractivity contribution >= 4 is 5.69 Å². The minimum Gasteiger partial charge on any atom is -0.494 e. The van der Waals surface area contributed by atoms with Crippen molar-refractivity contribution in [1.29, 1.82) is 0 Å². The van der Waals surface area contributed by atoms with E-state index in [-0.39, 0.29) is 0 Å². The first-order valence-electron chi connectivity index (χ1n) is 8.36. The van der Waals surface area contributed by atoms with E-state index in [4.69, 9.17) is 9.47 Å². The van der Waals surface area contributed by atoms with Gasteiger partial charge in [-0.25, -0.2) is 0 Å². The maximum Gasteiger partial charge on any atom is 0.119 e. The molecule has 0 bridgehead atoms. The highest BCUT2D eigenvalue weighted by atomic mass is 16.5. The van der Waals surface area contributed by atoms with Gasteiger partial charge in [0.2, 0.25) is 0 Å². The Morgan fingerprint density at radius 2 is 1.48 bits per heavy atom. The summed E-state index contributed by atoms with van der Waals surface area (Å²) >= 11 is 0. The monoisotopic (exact) mass is 313 g/mol. The Bertz CT molecular complexity index is 561. The zero-order valence-corrected chi connectivity index (χ0v) is 14.3. The van der Waals surface area contributed by atoms with Gasteiger partial charge in [-0.3, -0.25) is 0 Å². The van der Waals surface area contributed by atoms with Crippen LogP contribution in [0.2, 0.25) is 0 Å². The van der Waals surface area contributed by atoms with E-state index in [0.717, 1.165) is 36.8 Å². The molecule has 1 N–H and O–H groups in total. The fourth-order valence-electron chi connectivity index (χ4n) is 2.16. The first-order valence-corrected chi connectivity index (χ1v) is 8.36. The van der Waals surface area contributed by atoms with Gasteiger partial charge in [0.1, 0.15) is 11.5 Å². The molecule has 0 amide bonds. The number of rotatable bonds is 9. The second-order valence-corrected chi connectivity index (χ2v) is 5.99. The highest BCUT2D eigenvalue weighted by Gasteiger charge is 1.99. The van der Waals surface area contributed by atoms with E-state index < -0.39 is 0 Å². The summed E-state index contributed by atoms with van der Waals surface area (Å²) in [5.74, 6) is 2.52. The van der Waals surface area contributed by atoms with Gasteiger partial charge < -0.3 is 14.8 Å². The van der Waals surface area contributed by atoms with Gasteiger partial charge in [-0.2, -0.15) is 0 Å². The molecule has 0 fully saturated rings. The summed E-state index contributed by atoms with van der Waals surface area (Å²) < 4.78 is 11.2. The normalized spacial score (nSPS) is 10.6. The lowest BCUT2D eigenvalue weighted by Crippen LogP contribution is -2.02. The molecule has 23 heavy (non-hydrogen) atoms. The van der Waals surface area contributed by atoms with E-state index in [1.807, 2.05) is 31.2 Å². The molecule has 0 aliphatic rings. The van der Waals surface area contributed by atoms with Gasteiger partial charge in [0, 0.05) is 12.2 Å². The molecule has 2 aromatic rings. The molecule has 0 saturated carbocycles. The topological polar surface area (TPSA) is 30.5 Å². The second-order valence-electron chi connectivity index (χ2n) is 5.99. The number of hydrogen-bond donors (Lipinski definition) is 1. The summed E-state index contributed by atoms with van der Waals surface area (Å²) in [5, 5.41) is 3.42. The third-order valence-corrected chi connectivity index (χ3v) is 3.55. The van der Waals surface area contributed by atoms with Crippen molar-refractivity contribution in [1.82, 2.24) is 0 Å². The molecule has 0 aliphatic heterocycles. The molecule has 0 aromatic heterocycles. The maximum atomic E-state index is 5.73. The van der Waals surface area contributed by atoms with E-state index in [9.17, 15) is 0 Å². The van der Waals surface area contributed by atoms with E-state index in [1.165, 1.54) is 5.56 Å². The number of benzene rings is 2. The van der Waals surface area contributed by atoms with Gasteiger partial charge in [0.25, 0.3) is 0 Å². The minimum atomic E-state index is 0.671. The molecule has 0 heterocycles. The van der Waals surface area contributed by atoms with Crippen LogP contribution in [0.4, 0.5) is 5.69 Å². The number of hydrogen-bond acceptors (Lipinski definition) is 3. The predicted octanol–water partition coefficient (Wildman–Crippen LogP) is 5.12. The predicted molar refractivity (Wildman–Crippen MR) is 96.3 cm³/mol. The van der Waals surface area contributed by atoms with Crippen molar-refractivity contribution in [2.45, 2.75) is 33.7 Å². The molecule has 0 unspecified atom stereocenters. The molecule has 2 aromatic carbocycles. The Morgan fingerprint density at radius 3 is 2.09 bits per heavy atom. The lowest BCUT2D eigenvalue weighted by atomic mass is 10.1. The Balaban J connectivity index is 1.79. The second kappa shape index (κ2) is 9.09. The van der Waals surface area contributed by atoms with Gasteiger partial charge in [-0.1, -0.05) is 26.0 Å². The van der Waals surface area contributed by atoms with E-state index in [0.29, 0.717) is 12.5 Å². The quantitative estimate of drug-likeness (QED) is 0.697. The average Bonchev–Trinajstić information content (AvgIpc) is 2.55. The Kier molecular flexibility index (Phi) is 6.79. The number of anilines is 1. The molecular formula is C20H27NO2. The van der Waals surface area contributed by atoms with Crippen LogP contribution in [0.1, 0.15) is 32.8 Å². The zero-order valence-electron chi connectivity index (χ0n) is 14.3. The third kappa shape index (κ3) is 6.23. The molecule has 0 spiro atoms. The summed E-state index contributed by atoms with van der Waals surface area (Å²) in [6.07, 6.45) is 1.08. The summed E-state index contributed by atoms with van der Waals surface area (Å²) in [6.45, 7) is 8.67. The van der Waals surface area contributed by atoms with Crippen LogP contribution in [0.5, 0.6) is 11.5 Å². The lowest BCUT2D eigenvalue weighted by molar-refractivity contribution is 0.289. The van der Waals surface area contributed by atoms with Crippen LogP contribution in [0.25, 0.3) is 0 Å². The molecule has 2 rings (SSSR count). The van der Waals surface area contributed by atoms with Crippen molar-refractivity contribution < 1.29 is 9.47 Å². The van der Waals surface area contributed by atoms with Gasteiger partial charge in [-0.15, -0.1) is 0 Å². The molecule has 3 heteroatoms. The third-order valence-electron chi connectivity index (χ3n) is 3.55. The first kappa shape index (κ1) is 17.2. The van der Waals surface area contributed by atoms with Gasteiger partial charge in [0.05, 0.1) is 13.2 Å². The Morgan fingerprint density at radius 1 is 0.870 bits per heavy atom. The summed E-state index contributed by atoms with van der Waals surface area (Å²) in [7, 11) is 0. The lowest BCUT2D eigenvalue weighted by Gasteiger charge is -2.10. The van der Waals surface area contributed by atoms with Gasteiger partial charge >= 0.3 is 0 Å². The largest absolute Gasteiger partial charge is 0.494 e. The highest BCUT2D eigenvalue weighted by Crippen LogP contribution is 2.18. The van der Waals surface area contributed by atoms with Crippen molar-refractivity contribution in [2.24, 2.45) is 5.92 Å². The molecule has 0 radical (unpaired) electrons. The van der Waals surface area contributed by atoms with Crippen LogP contribution in [-0.2, 0) is 6.54 Å². The maximum absolute atomic E-state index is 5.73. The molecule has 0 saturated heterocycles. The SMILES string of the molecule is CCOc1ccc(CNc2ccc(OCCC(C)C)cc2)cc1. The minimum absolute atomic E-state index is 0.671. The molecule has 0 atom stereocenters. The van der Waals surface area contributed by atoms with Crippen LogP contribution < -0.4 is 14.8 Å². The van der Waals surface area contributed by atoms with E-state index in [2.05, 4.69) is 43.4 Å². The van der Waals surface area contributed by atoms with Crippen molar-refractivity contribution in [3.05, 3.63) is 54.1 Å². The van der Waals surface area contributed by atoms with Crippen LogP contribution in [0, 0.1) is 5.92 Å². The fourth-order valence-corrected chi connectivity index (χ4v) is 2.16. The Labute approximate surface area is 139 Å². The first-order chi connectivity index (χ1) is 11.2. The smallest absolute Gasteiger partial charge is 0.119 e. The number of ether oxygens (including phenoxy) is 2. The van der Waals surface area contributed by atoms with Crippen LogP contribution in [0.3, 0.4) is 0 Å². The fraction of sp³-hybridized carbons (Fsp3) is 0.400. The van der Waals surface area contributed by atoms with Crippen molar-refractivity contribution in [2.75, 3.05) is 18.5 Å². The number of nitrogens with one attached hydrogen (secondary N) is 1. The zero-order chi connectivity index (χ0) is 16.5. The van der Waals surface area contributed by atoms with Crippen LogP contribution in [0.15, 0.2) is 48.5 Å². The van der Waals surface area contributed by atoms with E-state index >= 15 is 0 Å². The van der Waals surface area contributed by atoms with E-state index in [1.54, 1.807) is 0 Å². The highest BCUT2D eigenvalue weighted by molar-refractivity contribution is 5.47. The molecule has 3 nitrogen and oxygen atoms in total. The van der Waals surface area contributed by atoms with Crippen LogP contribution in [-0.4, -0.2) is 13.2 Å². The summed E-state index contributed by atoms with van der Waals surface area (Å²) in [4.78, 5) is 0. The van der Waals surface area contributed by atoms with Gasteiger partial charge in [0.15, 0.2) is 0 Å². The summed E-state index contributed by atoms with van der Waals surface area (Å²) in [6, 6.07) is 16.3. The van der Waals surface area contributed by atoms with Crippen molar-refractivity contribution in [3.8, 4) is 11.5 Å². The van der Waals surface area contributed by atoms with Gasteiger partial charge in [-0.05, 0) is 61.2 Å². The van der Waals surface area contributed by atoms with Crippen LogP contribution >= 0.6 is 0 Å². The standard InChI is InChI=1S/C20H27NO2/c1-4-22-19-9-5-17(6-10-19)15-21-18-7-11-20(12-8-18)23-14-13-16(2)3/h5-12,16,21H,4,13-15H2,1-3H3. The average molecular weight is 313 g/mol. The van der Waals surface area contributed by atoms with Crippen molar-refractivity contribution in [3.63, 3.8) is 0 Å². The molecular weight excluding hydrogens is 286 g/mol. The summed E-state index contributed by atoms with van der Waals surface area (Å²) in [5.41, 5.74) is 2.32.